The highest BCUT2D eigenvalue weighted by Crippen LogP contribution is 2.35. The summed E-state index contributed by atoms with van der Waals surface area (Å²) in [7, 11) is 1.97. The summed E-state index contributed by atoms with van der Waals surface area (Å²) in [5.74, 6) is -0.921. The second kappa shape index (κ2) is 14.8. The number of nitrogen functional groups attached to an aromatic ring is 1. The quantitative estimate of drug-likeness (QED) is 0.189. The zero-order chi connectivity index (χ0) is 33.5. The number of para-hydroxylation sites is 3. The molecule has 0 spiro atoms. The number of hydrogen-bond acceptors (Lipinski definition) is 9. The third-order valence-corrected chi connectivity index (χ3v) is 8.10. The number of nitrogens with two attached hydrogens (primary N) is 1. The number of carbonyl (C=O) groups is 3. The Bertz CT molecular complexity index is 1720. The van der Waals surface area contributed by atoms with Gasteiger partial charge in [-0.1, -0.05) is 37.3 Å². The zero-order valence-electron chi connectivity index (χ0n) is 26.6. The van der Waals surface area contributed by atoms with E-state index in [0.29, 0.717) is 42.3 Å². The van der Waals surface area contributed by atoms with E-state index in [4.69, 9.17) is 10.5 Å². The number of nitrogens with zero attached hydrogens (tertiary/aromatic N) is 4. The third kappa shape index (κ3) is 7.91. The summed E-state index contributed by atoms with van der Waals surface area (Å²) in [6.45, 7) is 5.01. The largest absolute Gasteiger partial charge is 0.486 e. The monoisotopic (exact) mass is 637 g/mol. The summed E-state index contributed by atoms with van der Waals surface area (Å²) in [5.41, 5.74) is 9.24. The van der Waals surface area contributed by atoms with Gasteiger partial charge in [-0.05, 0) is 55.9 Å². The Morgan fingerprint density at radius 1 is 1.04 bits per heavy atom. The number of nitrogens with one attached hydrogen (secondary N) is 2. The lowest BCUT2D eigenvalue weighted by molar-refractivity contribution is 0.0343. The molecule has 4 aromatic rings. The molecule has 2 heterocycles. The van der Waals surface area contributed by atoms with E-state index in [2.05, 4.69) is 25.5 Å². The van der Waals surface area contributed by atoms with Gasteiger partial charge in [-0.3, -0.25) is 24.3 Å². The molecule has 1 aromatic heterocycles. The summed E-state index contributed by atoms with van der Waals surface area (Å²) < 4.78 is 6.61. The van der Waals surface area contributed by atoms with E-state index in [0.717, 1.165) is 5.56 Å². The van der Waals surface area contributed by atoms with Crippen LogP contribution in [-0.2, 0) is 6.54 Å². The Morgan fingerprint density at radius 2 is 1.77 bits per heavy atom. The van der Waals surface area contributed by atoms with Gasteiger partial charge in [-0.25, -0.2) is 4.98 Å². The molecule has 0 saturated heterocycles. The first-order valence-corrected chi connectivity index (χ1v) is 15.4. The van der Waals surface area contributed by atoms with Crippen LogP contribution in [0.4, 0.5) is 17.1 Å². The van der Waals surface area contributed by atoms with Gasteiger partial charge in [0.2, 0.25) is 0 Å². The maximum absolute atomic E-state index is 13.8. The van der Waals surface area contributed by atoms with Gasteiger partial charge in [0.05, 0.1) is 41.5 Å². The van der Waals surface area contributed by atoms with Crippen molar-refractivity contribution in [1.29, 1.82) is 0 Å². The highest BCUT2D eigenvalue weighted by atomic mass is 16.5. The van der Waals surface area contributed by atoms with Crippen LogP contribution in [0.2, 0.25) is 0 Å². The number of amides is 3. The van der Waals surface area contributed by atoms with Gasteiger partial charge >= 0.3 is 0 Å². The fraction of sp³-hybridized carbons (Fsp3) is 0.286. The highest BCUT2D eigenvalue weighted by Gasteiger charge is 2.34. The zero-order valence-corrected chi connectivity index (χ0v) is 26.6. The number of anilines is 3. The molecular formula is C35H39N7O5. The van der Waals surface area contributed by atoms with Crippen molar-refractivity contribution in [2.24, 2.45) is 5.92 Å². The molecule has 47 heavy (non-hydrogen) atoms. The van der Waals surface area contributed by atoms with Gasteiger partial charge in [0.15, 0.2) is 5.75 Å². The molecule has 5 N–H and O–H groups in total. The van der Waals surface area contributed by atoms with Crippen molar-refractivity contribution in [2.75, 3.05) is 43.1 Å². The fourth-order valence-corrected chi connectivity index (χ4v) is 5.41. The second-order valence-electron chi connectivity index (χ2n) is 11.8. The van der Waals surface area contributed by atoms with E-state index in [9.17, 15) is 19.5 Å². The van der Waals surface area contributed by atoms with Crippen LogP contribution in [0.5, 0.6) is 5.75 Å². The van der Waals surface area contributed by atoms with Gasteiger partial charge in [-0.2, -0.15) is 0 Å². The standard InChI is InChI=1S/C35H39N7O5/c1-22-18-42(23(2)21-43)35(46)26-7-6-10-29(40-34(45)30-17-37-15-16-38-30)32(26)47-31(22)20-41(3)19-24-11-13-25(14-12-24)33(44)39-28-9-5-4-8-27(28)36/h4-17,22-23,31,43H,18-21,36H2,1-3H3,(H,39,44)(H,40,45)/t22-,23+,31-/m0/s1. The van der Waals surface area contributed by atoms with Crippen LogP contribution in [0, 0.1) is 5.92 Å². The van der Waals surface area contributed by atoms with Gasteiger partial charge in [0.25, 0.3) is 17.7 Å². The van der Waals surface area contributed by atoms with Crippen LogP contribution >= 0.6 is 0 Å². The van der Waals surface area contributed by atoms with Crippen LogP contribution < -0.4 is 21.1 Å². The molecule has 244 valence electrons. The summed E-state index contributed by atoms with van der Waals surface area (Å²) >= 11 is 0. The number of fused-ring (bicyclic) bond motifs is 1. The number of benzene rings is 3. The van der Waals surface area contributed by atoms with E-state index < -0.39 is 18.1 Å². The summed E-state index contributed by atoms with van der Waals surface area (Å²) in [4.78, 5) is 51.4. The van der Waals surface area contributed by atoms with E-state index in [1.165, 1.54) is 18.6 Å². The van der Waals surface area contributed by atoms with Crippen molar-refractivity contribution in [3.8, 4) is 5.75 Å². The van der Waals surface area contributed by atoms with Crippen molar-refractivity contribution in [3.63, 3.8) is 0 Å². The molecule has 0 aliphatic carbocycles. The Kier molecular flexibility index (Phi) is 10.4. The number of aromatic nitrogens is 2. The van der Waals surface area contributed by atoms with E-state index in [-0.39, 0.29) is 41.3 Å². The number of aliphatic hydroxyl groups excluding tert-OH is 1. The van der Waals surface area contributed by atoms with Crippen LogP contribution in [-0.4, -0.2) is 81.5 Å². The van der Waals surface area contributed by atoms with Crippen LogP contribution in [0.3, 0.4) is 0 Å². The van der Waals surface area contributed by atoms with Gasteiger partial charge in [-0.15, -0.1) is 0 Å². The van der Waals surface area contributed by atoms with Crippen molar-refractivity contribution in [1.82, 2.24) is 19.8 Å². The minimum atomic E-state index is -0.490. The molecule has 12 heteroatoms. The molecule has 1 aliphatic heterocycles. The first-order chi connectivity index (χ1) is 22.6. The summed E-state index contributed by atoms with van der Waals surface area (Å²) in [6, 6.07) is 19.0. The number of rotatable bonds is 10. The topological polar surface area (TPSA) is 163 Å². The molecule has 0 bridgehead atoms. The van der Waals surface area contributed by atoms with E-state index in [1.807, 2.05) is 32.2 Å². The van der Waals surface area contributed by atoms with E-state index in [1.54, 1.807) is 60.4 Å². The predicted octanol–water partition coefficient (Wildman–Crippen LogP) is 3.92. The average molecular weight is 638 g/mol. The molecule has 3 aromatic carbocycles. The molecule has 12 nitrogen and oxygen atoms in total. The van der Waals surface area contributed by atoms with Crippen molar-refractivity contribution >= 4 is 34.8 Å². The molecule has 1 aliphatic rings. The normalized spacial score (nSPS) is 16.8. The Balaban J connectivity index is 1.34. The number of likely N-dealkylation sites (N-methyl/N-ethyl adjacent to an activating group) is 1. The van der Waals surface area contributed by atoms with Gasteiger partial charge < -0.3 is 31.1 Å². The Morgan fingerprint density at radius 3 is 2.47 bits per heavy atom. The maximum atomic E-state index is 13.8. The number of carbonyl (C=O) groups excluding carboxylic acids is 3. The van der Waals surface area contributed by atoms with Crippen LogP contribution in [0.25, 0.3) is 0 Å². The minimum absolute atomic E-state index is 0.121. The molecule has 0 fully saturated rings. The lowest BCUT2D eigenvalue weighted by Gasteiger charge is -2.38. The smallest absolute Gasteiger partial charge is 0.275 e. The summed E-state index contributed by atoms with van der Waals surface area (Å²) in [5, 5.41) is 15.7. The molecule has 5 rings (SSSR count). The highest BCUT2D eigenvalue weighted by molar-refractivity contribution is 6.06. The SMILES string of the molecule is C[C@H](CO)N1C[C@H](C)[C@H](CN(C)Cc2ccc(C(=O)Nc3ccccc3N)cc2)Oc2c(NC(=O)c3cnccn3)cccc2C1=O. The maximum Gasteiger partial charge on any atom is 0.275 e. The first-order valence-electron chi connectivity index (χ1n) is 15.4. The molecular weight excluding hydrogens is 598 g/mol. The Labute approximate surface area is 273 Å². The summed E-state index contributed by atoms with van der Waals surface area (Å²) in [6.07, 6.45) is 3.87. The predicted molar refractivity (Wildman–Crippen MR) is 179 cm³/mol. The Hall–Kier alpha value is -5.33. The average Bonchev–Trinajstić information content (AvgIpc) is 3.08. The van der Waals surface area contributed by atoms with Gasteiger partial charge in [0.1, 0.15) is 11.8 Å². The second-order valence-corrected chi connectivity index (χ2v) is 11.8. The minimum Gasteiger partial charge on any atom is -0.486 e. The third-order valence-electron chi connectivity index (χ3n) is 8.10. The fourth-order valence-electron chi connectivity index (χ4n) is 5.41. The van der Waals surface area contributed by atoms with Crippen molar-refractivity contribution < 1.29 is 24.2 Å². The van der Waals surface area contributed by atoms with Crippen LogP contribution in [0.1, 0.15) is 50.6 Å². The van der Waals surface area contributed by atoms with Crippen molar-refractivity contribution in [2.45, 2.75) is 32.5 Å². The number of hydrogen-bond donors (Lipinski definition) is 4. The lowest BCUT2D eigenvalue weighted by atomic mass is 9.98. The number of ether oxygens (including phenoxy) is 1. The molecule has 3 amide bonds. The van der Waals surface area contributed by atoms with Gasteiger partial charge in [0, 0.05) is 43.5 Å². The molecule has 3 atom stereocenters. The molecule has 0 radical (unpaired) electrons. The molecule has 0 unspecified atom stereocenters. The number of aliphatic hydroxyl groups is 1. The first kappa shape index (κ1) is 33.0. The van der Waals surface area contributed by atoms with Crippen molar-refractivity contribution in [3.05, 3.63) is 108 Å². The van der Waals surface area contributed by atoms with E-state index >= 15 is 0 Å². The van der Waals surface area contributed by atoms with Crippen LogP contribution in [0.15, 0.2) is 85.3 Å². The molecule has 0 saturated carbocycles. The lowest BCUT2D eigenvalue weighted by Crippen LogP contribution is -2.49.